The molecular weight excluding hydrogens is 391 g/mol. The van der Waals surface area contributed by atoms with Gasteiger partial charge in [0.1, 0.15) is 5.69 Å². The second-order valence-corrected chi connectivity index (χ2v) is 7.01. The normalized spacial score (nSPS) is 11.0. The number of nitrogens with zero attached hydrogens (tertiary/aromatic N) is 4. The monoisotopic (exact) mass is 414 g/mol. The maximum Gasteiger partial charge on any atom is 0.354 e. The van der Waals surface area contributed by atoms with E-state index < -0.39 is 11.8 Å². The Morgan fingerprint density at radius 2 is 2.03 bits per heavy atom. The summed E-state index contributed by atoms with van der Waals surface area (Å²) < 4.78 is 26.6. The summed E-state index contributed by atoms with van der Waals surface area (Å²) >= 11 is 0. The van der Waals surface area contributed by atoms with Crippen molar-refractivity contribution in [2.45, 2.75) is 33.7 Å². The molecule has 0 atom stereocenters. The van der Waals surface area contributed by atoms with Crippen LogP contribution in [0.25, 0.3) is 11.5 Å². The molecule has 8 nitrogen and oxygen atoms in total. The van der Waals surface area contributed by atoms with Crippen molar-refractivity contribution in [2.75, 3.05) is 7.11 Å². The van der Waals surface area contributed by atoms with Gasteiger partial charge in [-0.25, -0.2) is 19.2 Å². The van der Waals surface area contributed by atoms with Gasteiger partial charge in [-0.3, -0.25) is 4.98 Å². The lowest BCUT2D eigenvalue weighted by Gasteiger charge is -2.13. The van der Waals surface area contributed by atoms with Gasteiger partial charge in [-0.15, -0.1) is 0 Å². The number of carboxylic acid groups (broad SMARTS) is 1. The summed E-state index contributed by atoms with van der Waals surface area (Å²) in [6.45, 7) is 6.25. The molecule has 3 rings (SSSR count). The third-order valence-corrected chi connectivity index (χ3v) is 4.32. The summed E-state index contributed by atoms with van der Waals surface area (Å²) in [5.74, 6) is -0.980. The number of aromatic carboxylic acids is 1. The van der Waals surface area contributed by atoms with Crippen LogP contribution in [0.2, 0.25) is 0 Å². The molecule has 1 aromatic carbocycles. The fourth-order valence-electron chi connectivity index (χ4n) is 3.09. The Morgan fingerprint density at radius 1 is 1.27 bits per heavy atom. The van der Waals surface area contributed by atoms with Gasteiger partial charge in [0, 0.05) is 6.54 Å². The number of rotatable bonds is 8. The van der Waals surface area contributed by atoms with E-state index in [9.17, 15) is 14.3 Å². The van der Waals surface area contributed by atoms with E-state index in [1.54, 1.807) is 10.6 Å². The molecule has 0 aliphatic carbocycles. The molecule has 0 spiro atoms. The molecule has 0 unspecified atom stereocenters. The summed E-state index contributed by atoms with van der Waals surface area (Å²) in [5, 5.41) is 9.71. The minimum absolute atomic E-state index is 0.0323. The highest BCUT2D eigenvalue weighted by molar-refractivity contribution is 5.88. The molecule has 0 bridgehead atoms. The Kier molecular flexibility index (Phi) is 6.29. The highest BCUT2D eigenvalue weighted by Gasteiger charge is 2.24. The fourth-order valence-corrected chi connectivity index (χ4v) is 3.09. The summed E-state index contributed by atoms with van der Waals surface area (Å²) in [5.41, 5.74) is 0.915. The lowest BCUT2D eigenvalue weighted by atomic mass is 10.2. The second-order valence-electron chi connectivity index (χ2n) is 7.01. The van der Waals surface area contributed by atoms with Crippen LogP contribution in [0, 0.1) is 11.7 Å². The number of hydrogen-bond donors (Lipinski definition) is 1. The van der Waals surface area contributed by atoms with E-state index in [2.05, 4.69) is 15.0 Å². The summed E-state index contributed by atoms with van der Waals surface area (Å²) in [6, 6.07) is 4.32. The molecule has 0 amide bonds. The molecule has 0 aliphatic rings. The van der Waals surface area contributed by atoms with Crippen molar-refractivity contribution in [3.63, 3.8) is 0 Å². The third kappa shape index (κ3) is 4.24. The predicted octanol–water partition coefficient (Wildman–Crippen LogP) is 4.20. The second kappa shape index (κ2) is 8.89. The highest BCUT2D eigenvalue weighted by Crippen LogP contribution is 2.33. The van der Waals surface area contributed by atoms with Crippen LogP contribution in [0.3, 0.4) is 0 Å². The van der Waals surface area contributed by atoms with Gasteiger partial charge in [0.25, 0.3) is 0 Å². The number of benzene rings is 1. The largest absolute Gasteiger partial charge is 0.493 e. The molecule has 0 fully saturated rings. The van der Waals surface area contributed by atoms with E-state index in [4.69, 9.17) is 9.47 Å². The van der Waals surface area contributed by atoms with E-state index in [0.29, 0.717) is 30.2 Å². The fraction of sp³-hybridized carbons (Fsp3) is 0.333. The molecule has 2 aromatic heterocycles. The predicted molar refractivity (Wildman–Crippen MR) is 107 cm³/mol. The molecular formula is C21H23FN4O4. The first kappa shape index (κ1) is 21.2. The first-order valence-corrected chi connectivity index (χ1v) is 9.51. The van der Waals surface area contributed by atoms with Crippen molar-refractivity contribution in [1.82, 2.24) is 19.5 Å². The number of methoxy groups -OCH3 is 1. The van der Waals surface area contributed by atoms with Gasteiger partial charge in [0.2, 0.25) is 11.6 Å². The smallest absolute Gasteiger partial charge is 0.354 e. The van der Waals surface area contributed by atoms with Crippen molar-refractivity contribution < 1.29 is 23.8 Å². The van der Waals surface area contributed by atoms with E-state index in [1.165, 1.54) is 31.6 Å². The van der Waals surface area contributed by atoms with Crippen molar-refractivity contribution in [3.8, 4) is 28.9 Å². The van der Waals surface area contributed by atoms with Crippen LogP contribution in [0.4, 0.5) is 4.39 Å². The quantitative estimate of drug-likeness (QED) is 0.590. The number of imidazole rings is 1. The van der Waals surface area contributed by atoms with Gasteiger partial charge in [-0.2, -0.15) is 0 Å². The average molecular weight is 414 g/mol. The van der Waals surface area contributed by atoms with Gasteiger partial charge >= 0.3 is 5.97 Å². The standard InChI is InChI=1S/C21H23FN4O4/c1-5-14-18(21(27)28)26(11-12(2)3)20(25-14)15-9-23-10-17(24-15)30-19-13(22)7-6-8-16(19)29-4/h6-10,12H,5,11H2,1-4H3,(H,27,28). The van der Waals surface area contributed by atoms with E-state index >= 15 is 0 Å². The number of ether oxygens (including phenoxy) is 2. The van der Waals surface area contributed by atoms with Crippen LogP contribution in [0.15, 0.2) is 30.6 Å². The van der Waals surface area contributed by atoms with Crippen molar-refractivity contribution in [2.24, 2.45) is 5.92 Å². The van der Waals surface area contributed by atoms with E-state index in [0.717, 1.165) is 0 Å². The number of aromatic nitrogens is 4. The molecule has 0 aliphatic heterocycles. The Bertz CT molecular complexity index is 1070. The Labute approximate surface area is 173 Å². The summed E-state index contributed by atoms with van der Waals surface area (Å²) in [4.78, 5) is 24.9. The Morgan fingerprint density at radius 3 is 2.67 bits per heavy atom. The molecule has 9 heteroatoms. The number of aryl methyl sites for hydroxylation is 1. The summed E-state index contributed by atoms with van der Waals surface area (Å²) in [6.07, 6.45) is 3.26. The maximum atomic E-state index is 14.2. The van der Waals surface area contributed by atoms with Crippen molar-refractivity contribution in [1.29, 1.82) is 0 Å². The van der Waals surface area contributed by atoms with Gasteiger partial charge in [-0.05, 0) is 24.5 Å². The highest BCUT2D eigenvalue weighted by atomic mass is 19.1. The molecule has 30 heavy (non-hydrogen) atoms. The zero-order valence-corrected chi connectivity index (χ0v) is 17.2. The lowest BCUT2D eigenvalue weighted by molar-refractivity contribution is 0.0683. The zero-order valence-electron chi connectivity index (χ0n) is 17.2. The van der Waals surface area contributed by atoms with Crippen LogP contribution in [-0.4, -0.2) is 37.7 Å². The Hall–Kier alpha value is -3.49. The van der Waals surface area contributed by atoms with Crippen molar-refractivity contribution in [3.05, 3.63) is 47.8 Å². The van der Waals surface area contributed by atoms with Crippen LogP contribution in [-0.2, 0) is 13.0 Å². The first-order valence-electron chi connectivity index (χ1n) is 9.51. The molecule has 0 radical (unpaired) electrons. The topological polar surface area (TPSA) is 99.4 Å². The summed E-state index contributed by atoms with van der Waals surface area (Å²) in [7, 11) is 1.41. The molecule has 1 N–H and O–H groups in total. The van der Waals surface area contributed by atoms with Crippen LogP contribution in [0.1, 0.15) is 37.0 Å². The SMILES string of the molecule is CCc1nc(-c2cncc(Oc3c(F)cccc3OC)n2)n(CC(C)C)c1C(=O)O. The van der Waals surface area contributed by atoms with Crippen LogP contribution < -0.4 is 9.47 Å². The molecule has 0 saturated carbocycles. The molecule has 158 valence electrons. The van der Waals surface area contributed by atoms with E-state index in [1.807, 2.05) is 20.8 Å². The first-order chi connectivity index (χ1) is 14.3. The number of carbonyl (C=O) groups is 1. The van der Waals surface area contributed by atoms with Crippen LogP contribution in [0.5, 0.6) is 17.4 Å². The number of para-hydroxylation sites is 1. The number of hydrogen-bond acceptors (Lipinski definition) is 6. The zero-order chi connectivity index (χ0) is 21.8. The molecule has 0 saturated heterocycles. The Balaban J connectivity index is 2.07. The number of halogens is 1. The number of carboxylic acids is 1. The van der Waals surface area contributed by atoms with Gasteiger partial charge < -0.3 is 19.1 Å². The minimum atomic E-state index is -1.05. The maximum absolute atomic E-state index is 14.2. The lowest BCUT2D eigenvalue weighted by Crippen LogP contribution is -2.15. The third-order valence-electron chi connectivity index (χ3n) is 4.32. The molecule has 3 aromatic rings. The van der Waals surface area contributed by atoms with Crippen molar-refractivity contribution >= 4 is 5.97 Å². The van der Waals surface area contributed by atoms with Gasteiger partial charge in [-0.1, -0.05) is 26.8 Å². The molecule has 2 heterocycles. The average Bonchev–Trinajstić information content (AvgIpc) is 3.07. The van der Waals surface area contributed by atoms with E-state index in [-0.39, 0.29) is 29.0 Å². The van der Waals surface area contributed by atoms with Crippen LogP contribution >= 0.6 is 0 Å². The van der Waals surface area contributed by atoms with Gasteiger partial charge in [0.05, 0.1) is 25.2 Å². The minimum Gasteiger partial charge on any atom is -0.493 e. The van der Waals surface area contributed by atoms with Gasteiger partial charge in [0.15, 0.2) is 23.1 Å².